The van der Waals surface area contributed by atoms with Crippen LogP contribution in [0.5, 0.6) is 0 Å². The molecule has 0 aliphatic carbocycles. The molecule has 0 spiro atoms. The number of carbonyl (C=O) groups excluding carboxylic acids is 1. The highest BCUT2D eigenvalue weighted by Crippen LogP contribution is 2.26. The molecule has 2 heterocycles. The molecular weight excluding hydrogens is 220 g/mol. The highest BCUT2D eigenvalue weighted by atomic mass is 16.4. The Hall–Kier alpha value is -1.10. The molecule has 0 saturated carbocycles. The van der Waals surface area contributed by atoms with Crippen LogP contribution in [0.2, 0.25) is 0 Å². The van der Waals surface area contributed by atoms with Gasteiger partial charge in [-0.25, -0.2) is 0 Å². The first-order chi connectivity index (χ1) is 8.06. The van der Waals surface area contributed by atoms with Gasteiger partial charge in [0.05, 0.1) is 6.42 Å². The predicted octanol–water partition coefficient (Wildman–Crippen LogP) is 0.404. The van der Waals surface area contributed by atoms with Crippen LogP contribution in [0.4, 0.5) is 0 Å². The minimum absolute atomic E-state index is 0.00670. The van der Waals surface area contributed by atoms with Gasteiger partial charge in [-0.3, -0.25) is 9.59 Å². The van der Waals surface area contributed by atoms with Gasteiger partial charge >= 0.3 is 5.97 Å². The fourth-order valence-electron chi connectivity index (χ4n) is 2.94. The van der Waals surface area contributed by atoms with Crippen molar-refractivity contribution in [2.24, 2.45) is 5.92 Å². The van der Waals surface area contributed by atoms with Crippen molar-refractivity contribution in [2.45, 2.75) is 31.7 Å². The number of hydrogen-bond acceptors (Lipinski definition) is 3. The van der Waals surface area contributed by atoms with Gasteiger partial charge < -0.3 is 14.9 Å². The number of likely N-dealkylation sites (tertiary alicyclic amines) is 2. The molecule has 17 heavy (non-hydrogen) atoms. The van der Waals surface area contributed by atoms with Gasteiger partial charge in [-0.2, -0.15) is 0 Å². The van der Waals surface area contributed by atoms with Crippen LogP contribution in [-0.2, 0) is 9.59 Å². The molecule has 2 rings (SSSR count). The Balaban J connectivity index is 1.93. The second-order valence-corrected chi connectivity index (χ2v) is 5.27. The van der Waals surface area contributed by atoms with Crippen molar-refractivity contribution in [3.05, 3.63) is 0 Å². The van der Waals surface area contributed by atoms with Gasteiger partial charge in [0.2, 0.25) is 5.91 Å². The van der Waals surface area contributed by atoms with Gasteiger partial charge in [-0.05, 0) is 32.4 Å². The number of carboxylic acids is 1. The summed E-state index contributed by atoms with van der Waals surface area (Å²) in [5.41, 5.74) is 0. The van der Waals surface area contributed by atoms with Crippen molar-refractivity contribution < 1.29 is 14.7 Å². The van der Waals surface area contributed by atoms with E-state index >= 15 is 0 Å². The zero-order valence-electron chi connectivity index (χ0n) is 10.3. The number of hydrogen-bond donors (Lipinski definition) is 1. The Kier molecular flexibility index (Phi) is 3.66. The summed E-state index contributed by atoms with van der Waals surface area (Å²) >= 11 is 0. The van der Waals surface area contributed by atoms with Gasteiger partial charge in [0.25, 0.3) is 0 Å². The Bertz CT molecular complexity index is 319. The third-order valence-electron chi connectivity index (χ3n) is 3.74. The maximum Gasteiger partial charge on any atom is 0.303 e. The van der Waals surface area contributed by atoms with Crippen molar-refractivity contribution in [1.29, 1.82) is 0 Å². The fraction of sp³-hybridized carbons (Fsp3) is 0.833. The Morgan fingerprint density at radius 3 is 2.88 bits per heavy atom. The van der Waals surface area contributed by atoms with Crippen molar-refractivity contribution in [2.75, 3.05) is 26.7 Å². The molecule has 1 N–H and O–H groups in total. The van der Waals surface area contributed by atoms with E-state index in [0.717, 1.165) is 25.9 Å². The molecule has 2 atom stereocenters. The first-order valence-electron chi connectivity index (χ1n) is 6.26. The van der Waals surface area contributed by atoms with Crippen molar-refractivity contribution >= 4 is 11.9 Å². The maximum atomic E-state index is 11.9. The summed E-state index contributed by atoms with van der Waals surface area (Å²) in [6, 6.07) is 0.292. The van der Waals surface area contributed by atoms with Gasteiger partial charge in [0.15, 0.2) is 0 Å². The summed E-state index contributed by atoms with van der Waals surface area (Å²) in [4.78, 5) is 26.7. The van der Waals surface area contributed by atoms with Crippen LogP contribution in [0.25, 0.3) is 0 Å². The summed E-state index contributed by atoms with van der Waals surface area (Å²) < 4.78 is 0. The van der Waals surface area contributed by atoms with Gasteiger partial charge in [-0.15, -0.1) is 0 Å². The number of amides is 1. The molecule has 2 unspecified atom stereocenters. The second-order valence-electron chi connectivity index (χ2n) is 5.27. The number of carboxylic acid groups (broad SMARTS) is 1. The summed E-state index contributed by atoms with van der Waals surface area (Å²) in [6.07, 6.45) is 2.70. The largest absolute Gasteiger partial charge is 0.481 e. The van der Waals surface area contributed by atoms with Crippen LogP contribution < -0.4 is 0 Å². The fourth-order valence-corrected chi connectivity index (χ4v) is 2.94. The highest BCUT2D eigenvalue weighted by molar-refractivity contribution is 5.80. The number of likely N-dealkylation sites (N-methyl/N-ethyl adjacent to an activating group) is 1. The molecular formula is C12H20N2O3. The minimum atomic E-state index is -0.801. The second kappa shape index (κ2) is 5.04. The number of piperidine rings is 1. The first-order valence-corrected chi connectivity index (χ1v) is 6.26. The van der Waals surface area contributed by atoms with E-state index in [2.05, 4.69) is 11.9 Å². The molecule has 0 bridgehead atoms. The van der Waals surface area contributed by atoms with Crippen LogP contribution in [0.1, 0.15) is 25.7 Å². The molecule has 1 amide bonds. The molecule has 2 saturated heterocycles. The van der Waals surface area contributed by atoms with Crippen LogP contribution in [0, 0.1) is 5.92 Å². The molecule has 5 heteroatoms. The van der Waals surface area contributed by atoms with Crippen LogP contribution in [0.3, 0.4) is 0 Å². The molecule has 0 aromatic carbocycles. The monoisotopic (exact) mass is 240 g/mol. The molecule has 0 aromatic heterocycles. The average Bonchev–Trinajstić information content (AvgIpc) is 2.58. The SMILES string of the molecule is CN1CCCC(N2CC(CC(=O)O)CC2=O)C1. The summed E-state index contributed by atoms with van der Waals surface area (Å²) in [6.45, 7) is 2.65. The predicted molar refractivity (Wildman–Crippen MR) is 62.6 cm³/mol. The number of nitrogens with zero attached hydrogens (tertiary/aromatic N) is 2. The third-order valence-corrected chi connectivity index (χ3v) is 3.74. The van der Waals surface area contributed by atoms with E-state index in [0.29, 0.717) is 19.0 Å². The van der Waals surface area contributed by atoms with Crippen LogP contribution >= 0.6 is 0 Å². The van der Waals surface area contributed by atoms with Gasteiger partial charge in [0.1, 0.15) is 0 Å². The van der Waals surface area contributed by atoms with E-state index in [-0.39, 0.29) is 18.2 Å². The normalized spacial score (nSPS) is 30.9. The van der Waals surface area contributed by atoms with E-state index in [1.807, 2.05) is 4.90 Å². The zero-order valence-corrected chi connectivity index (χ0v) is 10.3. The first kappa shape index (κ1) is 12.4. The zero-order chi connectivity index (χ0) is 12.4. The summed E-state index contributed by atoms with van der Waals surface area (Å²) in [7, 11) is 2.07. The molecule has 0 aromatic rings. The molecule has 0 radical (unpaired) electrons. The van der Waals surface area contributed by atoms with E-state index in [4.69, 9.17) is 5.11 Å². The van der Waals surface area contributed by atoms with Crippen molar-refractivity contribution in [3.63, 3.8) is 0 Å². The van der Waals surface area contributed by atoms with Gasteiger partial charge in [0, 0.05) is 25.6 Å². The highest BCUT2D eigenvalue weighted by Gasteiger charge is 2.36. The number of carbonyl (C=O) groups is 2. The third kappa shape index (κ3) is 2.97. The van der Waals surface area contributed by atoms with E-state index < -0.39 is 5.97 Å². The average molecular weight is 240 g/mol. The van der Waals surface area contributed by atoms with Crippen LogP contribution in [0.15, 0.2) is 0 Å². The maximum absolute atomic E-state index is 11.9. The van der Waals surface area contributed by atoms with Crippen LogP contribution in [-0.4, -0.2) is 59.5 Å². The van der Waals surface area contributed by atoms with E-state index in [1.165, 1.54) is 0 Å². The molecule has 2 aliphatic rings. The Morgan fingerprint density at radius 1 is 1.47 bits per heavy atom. The number of rotatable bonds is 3. The lowest BCUT2D eigenvalue weighted by atomic mass is 10.0. The van der Waals surface area contributed by atoms with E-state index in [9.17, 15) is 9.59 Å². The smallest absolute Gasteiger partial charge is 0.303 e. The standard InChI is InChI=1S/C12H20N2O3/c1-13-4-2-3-10(8-13)14-7-9(5-11(14)15)6-12(16)17/h9-10H,2-8H2,1H3,(H,16,17). The summed E-state index contributed by atoms with van der Waals surface area (Å²) in [5, 5.41) is 8.76. The topological polar surface area (TPSA) is 60.9 Å². The Morgan fingerprint density at radius 2 is 2.24 bits per heavy atom. The lowest BCUT2D eigenvalue weighted by molar-refractivity contribution is -0.138. The van der Waals surface area contributed by atoms with Gasteiger partial charge in [-0.1, -0.05) is 0 Å². The van der Waals surface area contributed by atoms with E-state index in [1.54, 1.807) is 0 Å². The summed E-state index contributed by atoms with van der Waals surface area (Å²) in [5.74, 6) is -0.658. The van der Waals surface area contributed by atoms with Crippen molar-refractivity contribution in [1.82, 2.24) is 9.80 Å². The number of aliphatic carboxylic acids is 1. The molecule has 5 nitrogen and oxygen atoms in total. The lowest BCUT2D eigenvalue weighted by Crippen LogP contribution is -2.47. The molecule has 2 fully saturated rings. The molecule has 2 aliphatic heterocycles. The lowest BCUT2D eigenvalue weighted by Gasteiger charge is -2.36. The minimum Gasteiger partial charge on any atom is -0.481 e. The van der Waals surface area contributed by atoms with Crippen molar-refractivity contribution in [3.8, 4) is 0 Å². The quantitative estimate of drug-likeness (QED) is 0.776. The Labute approximate surface area is 101 Å². The molecule has 96 valence electrons.